The molecule has 0 heterocycles. The standard InChI is InChI=1S/C23H28N2O4/c1-15(2)12-13-29-20-11-8-16(14-21(20)28-3)22(26)25-19-7-5-4-6-18(19)23(27)24-17-9-10-17/h4-8,11,14-15,17H,9-10,12-13H2,1-3H3,(H,24,27)(H,25,26). The Hall–Kier alpha value is -3.02. The van der Waals surface area contributed by atoms with Gasteiger partial charge in [0.25, 0.3) is 11.8 Å². The minimum absolute atomic E-state index is 0.171. The van der Waals surface area contributed by atoms with Crippen LogP contribution in [-0.2, 0) is 0 Å². The molecule has 29 heavy (non-hydrogen) atoms. The van der Waals surface area contributed by atoms with Crippen molar-refractivity contribution in [3.05, 3.63) is 53.6 Å². The van der Waals surface area contributed by atoms with Crippen molar-refractivity contribution in [3.8, 4) is 11.5 Å². The van der Waals surface area contributed by atoms with Crippen LogP contribution in [0.25, 0.3) is 0 Å². The molecule has 154 valence electrons. The number of benzene rings is 2. The predicted molar refractivity (Wildman–Crippen MR) is 113 cm³/mol. The lowest BCUT2D eigenvalue weighted by atomic mass is 10.1. The molecule has 2 amide bonds. The van der Waals surface area contributed by atoms with Gasteiger partial charge in [-0.15, -0.1) is 0 Å². The van der Waals surface area contributed by atoms with E-state index in [9.17, 15) is 9.59 Å². The fourth-order valence-electron chi connectivity index (χ4n) is 2.81. The monoisotopic (exact) mass is 396 g/mol. The van der Waals surface area contributed by atoms with Crippen molar-refractivity contribution < 1.29 is 19.1 Å². The number of hydrogen-bond donors (Lipinski definition) is 2. The maximum atomic E-state index is 12.8. The SMILES string of the molecule is COc1cc(C(=O)Nc2ccccc2C(=O)NC2CC2)ccc1OCCC(C)C. The van der Waals surface area contributed by atoms with Crippen molar-refractivity contribution in [1.29, 1.82) is 0 Å². The first-order valence-electron chi connectivity index (χ1n) is 10.00. The van der Waals surface area contributed by atoms with Gasteiger partial charge in [0.2, 0.25) is 0 Å². The summed E-state index contributed by atoms with van der Waals surface area (Å²) >= 11 is 0. The number of amides is 2. The summed E-state index contributed by atoms with van der Waals surface area (Å²) in [5.74, 6) is 1.16. The third-order valence-electron chi connectivity index (χ3n) is 4.71. The summed E-state index contributed by atoms with van der Waals surface area (Å²) in [6.07, 6.45) is 2.95. The number of rotatable bonds is 9. The first kappa shape index (κ1) is 20.7. The summed E-state index contributed by atoms with van der Waals surface area (Å²) in [4.78, 5) is 25.2. The largest absolute Gasteiger partial charge is 0.493 e. The lowest BCUT2D eigenvalue weighted by Crippen LogP contribution is -2.27. The van der Waals surface area contributed by atoms with Gasteiger partial charge in [-0.05, 0) is 55.5 Å². The molecule has 0 saturated heterocycles. The van der Waals surface area contributed by atoms with E-state index in [1.165, 1.54) is 0 Å². The first-order valence-corrected chi connectivity index (χ1v) is 10.00. The smallest absolute Gasteiger partial charge is 0.255 e. The lowest BCUT2D eigenvalue weighted by molar-refractivity contribution is 0.0952. The van der Waals surface area contributed by atoms with Crippen LogP contribution in [0.4, 0.5) is 5.69 Å². The number of carbonyl (C=O) groups excluding carboxylic acids is 2. The Balaban J connectivity index is 1.71. The van der Waals surface area contributed by atoms with Gasteiger partial charge in [-0.3, -0.25) is 9.59 Å². The molecule has 0 aromatic heterocycles. The lowest BCUT2D eigenvalue weighted by Gasteiger charge is -2.14. The molecular weight excluding hydrogens is 368 g/mol. The highest BCUT2D eigenvalue weighted by Gasteiger charge is 2.25. The van der Waals surface area contributed by atoms with Crippen molar-refractivity contribution in [2.45, 2.75) is 39.2 Å². The second-order valence-corrected chi connectivity index (χ2v) is 7.64. The van der Waals surface area contributed by atoms with Crippen molar-refractivity contribution in [3.63, 3.8) is 0 Å². The fraction of sp³-hybridized carbons (Fsp3) is 0.391. The van der Waals surface area contributed by atoms with E-state index in [0.717, 1.165) is 19.3 Å². The average molecular weight is 396 g/mol. The predicted octanol–water partition coefficient (Wildman–Crippen LogP) is 4.26. The molecule has 1 saturated carbocycles. The van der Waals surface area contributed by atoms with Crippen LogP contribution >= 0.6 is 0 Å². The number of methoxy groups -OCH3 is 1. The van der Waals surface area contributed by atoms with Crippen LogP contribution in [0.2, 0.25) is 0 Å². The fourth-order valence-corrected chi connectivity index (χ4v) is 2.81. The van der Waals surface area contributed by atoms with E-state index in [1.807, 2.05) is 0 Å². The molecule has 2 aromatic carbocycles. The van der Waals surface area contributed by atoms with Crippen LogP contribution in [-0.4, -0.2) is 31.6 Å². The van der Waals surface area contributed by atoms with Crippen molar-refractivity contribution in [1.82, 2.24) is 5.32 Å². The van der Waals surface area contributed by atoms with Gasteiger partial charge >= 0.3 is 0 Å². The number of carbonyl (C=O) groups is 2. The normalized spacial score (nSPS) is 13.1. The molecule has 2 N–H and O–H groups in total. The summed E-state index contributed by atoms with van der Waals surface area (Å²) in [5, 5.41) is 5.78. The van der Waals surface area contributed by atoms with Crippen molar-refractivity contribution in [2.75, 3.05) is 19.0 Å². The molecule has 0 atom stereocenters. The molecule has 1 aliphatic carbocycles. The third kappa shape index (κ3) is 5.73. The number of ether oxygens (including phenoxy) is 2. The van der Waals surface area contributed by atoms with Gasteiger partial charge in [-0.25, -0.2) is 0 Å². The Morgan fingerprint density at radius 1 is 1.07 bits per heavy atom. The second kappa shape index (κ2) is 9.45. The molecule has 3 rings (SSSR count). The van der Waals surface area contributed by atoms with Gasteiger partial charge in [0.15, 0.2) is 11.5 Å². The van der Waals surface area contributed by atoms with E-state index >= 15 is 0 Å². The van der Waals surface area contributed by atoms with Crippen LogP contribution in [0.3, 0.4) is 0 Å². The Bertz CT molecular complexity index is 875. The zero-order valence-electron chi connectivity index (χ0n) is 17.2. The second-order valence-electron chi connectivity index (χ2n) is 7.64. The highest BCUT2D eigenvalue weighted by atomic mass is 16.5. The van der Waals surface area contributed by atoms with E-state index in [4.69, 9.17) is 9.47 Å². The topological polar surface area (TPSA) is 76.7 Å². The molecule has 1 aliphatic rings. The third-order valence-corrected chi connectivity index (χ3v) is 4.71. The minimum Gasteiger partial charge on any atom is -0.493 e. The summed E-state index contributed by atoms with van der Waals surface area (Å²) < 4.78 is 11.2. The maximum absolute atomic E-state index is 12.8. The van der Waals surface area contributed by atoms with Crippen LogP contribution in [0, 0.1) is 5.92 Å². The Morgan fingerprint density at radius 2 is 1.83 bits per heavy atom. The molecular formula is C23H28N2O4. The van der Waals surface area contributed by atoms with E-state index in [0.29, 0.717) is 40.8 Å². The average Bonchev–Trinajstić information content (AvgIpc) is 3.52. The van der Waals surface area contributed by atoms with E-state index in [2.05, 4.69) is 24.5 Å². The van der Waals surface area contributed by atoms with Gasteiger partial charge in [0.1, 0.15) is 0 Å². The summed E-state index contributed by atoms with van der Waals surface area (Å²) in [5.41, 5.74) is 1.36. The summed E-state index contributed by atoms with van der Waals surface area (Å²) in [6.45, 7) is 4.86. The van der Waals surface area contributed by atoms with Crippen LogP contribution in [0.1, 0.15) is 53.8 Å². The Kier molecular flexibility index (Phi) is 6.75. The van der Waals surface area contributed by atoms with E-state index in [1.54, 1.807) is 49.6 Å². The molecule has 2 aromatic rings. The summed E-state index contributed by atoms with van der Waals surface area (Å²) in [7, 11) is 1.55. The first-order chi connectivity index (χ1) is 14.0. The number of hydrogen-bond acceptors (Lipinski definition) is 4. The van der Waals surface area contributed by atoms with E-state index in [-0.39, 0.29) is 17.9 Å². The van der Waals surface area contributed by atoms with Gasteiger partial charge in [-0.1, -0.05) is 26.0 Å². The minimum atomic E-state index is -0.316. The van der Waals surface area contributed by atoms with Gasteiger partial charge < -0.3 is 20.1 Å². The summed E-state index contributed by atoms with van der Waals surface area (Å²) in [6, 6.07) is 12.3. The Labute approximate surface area is 171 Å². The molecule has 0 radical (unpaired) electrons. The molecule has 6 heteroatoms. The molecule has 6 nitrogen and oxygen atoms in total. The molecule has 0 aliphatic heterocycles. The molecule has 0 spiro atoms. The number of anilines is 1. The Morgan fingerprint density at radius 3 is 2.52 bits per heavy atom. The molecule has 0 bridgehead atoms. The van der Waals surface area contributed by atoms with Crippen LogP contribution in [0.5, 0.6) is 11.5 Å². The van der Waals surface area contributed by atoms with Crippen LogP contribution < -0.4 is 20.1 Å². The van der Waals surface area contributed by atoms with E-state index < -0.39 is 0 Å². The zero-order valence-corrected chi connectivity index (χ0v) is 17.2. The quantitative estimate of drug-likeness (QED) is 0.664. The molecule has 1 fully saturated rings. The van der Waals surface area contributed by atoms with Crippen molar-refractivity contribution in [2.24, 2.45) is 5.92 Å². The van der Waals surface area contributed by atoms with Gasteiger partial charge in [0, 0.05) is 11.6 Å². The molecule has 0 unspecified atom stereocenters. The maximum Gasteiger partial charge on any atom is 0.255 e. The van der Waals surface area contributed by atoms with Crippen LogP contribution in [0.15, 0.2) is 42.5 Å². The number of nitrogens with one attached hydrogen (secondary N) is 2. The highest BCUT2D eigenvalue weighted by Crippen LogP contribution is 2.29. The number of para-hydroxylation sites is 1. The zero-order chi connectivity index (χ0) is 20.8. The van der Waals surface area contributed by atoms with Gasteiger partial charge in [-0.2, -0.15) is 0 Å². The van der Waals surface area contributed by atoms with Gasteiger partial charge in [0.05, 0.1) is 25.0 Å². The highest BCUT2D eigenvalue weighted by molar-refractivity contribution is 6.09. The van der Waals surface area contributed by atoms with Crippen molar-refractivity contribution >= 4 is 17.5 Å².